The van der Waals surface area contributed by atoms with Crippen LogP contribution in [0.3, 0.4) is 0 Å². The number of para-hydroxylation sites is 1. The Bertz CT molecular complexity index is 1050. The van der Waals surface area contributed by atoms with Gasteiger partial charge in [0.15, 0.2) is 10.9 Å². The highest BCUT2D eigenvalue weighted by Crippen LogP contribution is 2.24. The lowest BCUT2D eigenvalue weighted by Gasteiger charge is -2.12. The molecule has 140 valence electrons. The number of aromatic nitrogens is 2. The molecule has 0 aliphatic carbocycles. The van der Waals surface area contributed by atoms with Gasteiger partial charge in [-0.1, -0.05) is 46.7 Å². The van der Waals surface area contributed by atoms with Gasteiger partial charge in [0, 0.05) is 11.0 Å². The van der Waals surface area contributed by atoms with Crippen LogP contribution in [0.1, 0.15) is 23.7 Å². The van der Waals surface area contributed by atoms with Crippen molar-refractivity contribution >= 4 is 44.4 Å². The van der Waals surface area contributed by atoms with Crippen molar-refractivity contribution in [3.63, 3.8) is 0 Å². The van der Waals surface area contributed by atoms with Crippen molar-refractivity contribution in [3.05, 3.63) is 62.9 Å². The molecule has 3 rings (SSSR count). The summed E-state index contributed by atoms with van der Waals surface area (Å²) in [5, 5.41) is 1.12. The number of Topliss-reactive ketones (excluding diaryl/α,β-unsaturated/α-hetero) is 1. The van der Waals surface area contributed by atoms with Gasteiger partial charge in [0.25, 0.3) is 5.56 Å². The Hall–Kier alpha value is -2.12. The van der Waals surface area contributed by atoms with Crippen molar-refractivity contribution in [2.45, 2.75) is 25.0 Å². The summed E-state index contributed by atoms with van der Waals surface area (Å²) in [5.74, 6) is 0.662. The number of methoxy groups -OCH3 is 1. The lowest BCUT2D eigenvalue weighted by atomic mass is 10.1. The predicted octanol–water partition coefficient (Wildman–Crippen LogP) is 4.55. The second-order valence-corrected chi connectivity index (χ2v) is 7.78. The fraction of sp³-hybridized carbons (Fsp3) is 0.250. The molecule has 0 spiro atoms. The summed E-state index contributed by atoms with van der Waals surface area (Å²) >= 11 is 4.68. The van der Waals surface area contributed by atoms with Crippen molar-refractivity contribution < 1.29 is 9.53 Å². The summed E-state index contributed by atoms with van der Waals surface area (Å²) < 4.78 is 7.75. The van der Waals surface area contributed by atoms with Gasteiger partial charge in [0.2, 0.25) is 0 Å². The van der Waals surface area contributed by atoms with E-state index in [4.69, 9.17) is 4.74 Å². The average Bonchev–Trinajstić information content (AvgIpc) is 2.69. The van der Waals surface area contributed by atoms with Gasteiger partial charge in [-0.05, 0) is 36.8 Å². The number of nitrogens with zero attached hydrogens (tertiary/aromatic N) is 2. The van der Waals surface area contributed by atoms with Crippen LogP contribution in [-0.4, -0.2) is 28.2 Å². The molecule has 0 radical (unpaired) electrons. The minimum Gasteiger partial charge on any atom is -0.496 e. The lowest BCUT2D eigenvalue weighted by Crippen LogP contribution is -2.23. The van der Waals surface area contributed by atoms with E-state index in [1.54, 1.807) is 35.9 Å². The third-order valence-electron chi connectivity index (χ3n) is 4.07. The van der Waals surface area contributed by atoms with Gasteiger partial charge >= 0.3 is 0 Å². The molecular formula is C20H19BrN2O3S. The number of fused-ring (bicyclic) bond motifs is 1. The number of rotatable bonds is 7. The Morgan fingerprint density at radius 1 is 1.26 bits per heavy atom. The Morgan fingerprint density at radius 3 is 2.78 bits per heavy atom. The van der Waals surface area contributed by atoms with Gasteiger partial charge in [-0.3, -0.25) is 14.2 Å². The number of hydrogen-bond acceptors (Lipinski definition) is 5. The molecule has 0 amide bonds. The molecule has 0 saturated carbocycles. The Balaban J connectivity index is 1.94. The number of halogens is 1. The predicted molar refractivity (Wildman–Crippen MR) is 112 cm³/mol. The molecule has 0 aliphatic heterocycles. The van der Waals surface area contributed by atoms with Crippen LogP contribution in [0.2, 0.25) is 0 Å². The molecule has 5 nitrogen and oxygen atoms in total. The van der Waals surface area contributed by atoms with Crippen molar-refractivity contribution in [1.29, 1.82) is 0 Å². The van der Waals surface area contributed by atoms with Gasteiger partial charge in [0.05, 0.1) is 29.3 Å². The summed E-state index contributed by atoms with van der Waals surface area (Å²) in [6, 6.07) is 12.6. The second-order valence-electron chi connectivity index (χ2n) is 5.92. The number of benzene rings is 2. The highest BCUT2D eigenvalue weighted by atomic mass is 79.9. The van der Waals surface area contributed by atoms with E-state index in [2.05, 4.69) is 20.9 Å². The summed E-state index contributed by atoms with van der Waals surface area (Å²) in [4.78, 5) is 30.2. The molecule has 0 atom stereocenters. The van der Waals surface area contributed by atoms with Crippen LogP contribution >= 0.6 is 27.7 Å². The van der Waals surface area contributed by atoms with E-state index in [1.165, 1.54) is 11.8 Å². The first-order chi connectivity index (χ1) is 13.0. The van der Waals surface area contributed by atoms with E-state index in [0.29, 0.717) is 33.9 Å². The van der Waals surface area contributed by atoms with E-state index in [1.807, 2.05) is 25.1 Å². The van der Waals surface area contributed by atoms with E-state index >= 15 is 0 Å². The molecule has 27 heavy (non-hydrogen) atoms. The largest absolute Gasteiger partial charge is 0.496 e. The van der Waals surface area contributed by atoms with Crippen molar-refractivity contribution in [2.75, 3.05) is 12.9 Å². The Kier molecular flexibility index (Phi) is 6.34. The van der Waals surface area contributed by atoms with Crippen LogP contribution in [0.5, 0.6) is 5.75 Å². The lowest BCUT2D eigenvalue weighted by molar-refractivity contribution is 0.101. The molecule has 7 heteroatoms. The van der Waals surface area contributed by atoms with Crippen molar-refractivity contribution in [3.8, 4) is 5.75 Å². The average molecular weight is 447 g/mol. The van der Waals surface area contributed by atoms with Crippen molar-refractivity contribution in [1.82, 2.24) is 9.55 Å². The summed E-state index contributed by atoms with van der Waals surface area (Å²) in [6.45, 7) is 2.56. The number of carbonyl (C=O) groups excluding carboxylic acids is 1. The first-order valence-electron chi connectivity index (χ1n) is 8.54. The van der Waals surface area contributed by atoms with Crippen LogP contribution in [0.25, 0.3) is 10.9 Å². The van der Waals surface area contributed by atoms with Crippen LogP contribution in [0.4, 0.5) is 0 Å². The number of ketones is 1. The number of ether oxygens (including phenoxy) is 1. The molecule has 2 aromatic carbocycles. The Labute approximate surface area is 169 Å². The van der Waals surface area contributed by atoms with E-state index in [9.17, 15) is 9.59 Å². The van der Waals surface area contributed by atoms with Gasteiger partial charge < -0.3 is 4.74 Å². The minimum atomic E-state index is -0.0876. The summed E-state index contributed by atoms with van der Waals surface area (Å²) in [5.41, 5.74) is 1.07. The van der Waals surface area contributed by atoms with Crippen LogP contribution in [0.15, 0.2) is 56.9 Å². The molecule has 0 aliphatic rings. The van der Waals surface area contributed by atoms with E-state index < -0.39 is 0 Å². The van der Waals surface area contributed by atoms with Crippen molar-refractivity contribution in [2.24, 2.45) is 0 Å². The molecule has 0 bridgehead atoms. The normalized spacial score (nSPS) is 10.9. The SMILES string of the molecule is CCCn1c(SCC(=O)c2ccccc2OC)nc2ccc(Br)cc2c1=O. The molecule has 0 N–H and O–H groups in total. The fourth-order valence-corrected chi connectivity index (χ4v) is 4.06. The molecule has 1 heterocycles. The first-order valence-corrected chi connectivity index (χ1v) is 10.3. The molecular weight excluding hydrogens is 428 g/mol. The monoisotopic (exact) mass is 446 g/mol. The zero-order chi connectivity index (χ0) is 19.4. The van der Waals surface area contributed by atoms with Gasteiger partial charge in [-0.2, -0.15) is 0 Å². The third-order valence-corrected chi connectivity index (χ3v) is 5.54. The van der Waals surface area contributed by atoms with Gasteiger partial charge in [-0.15, -0.1) is 0 Å². The molecule has 3 aromatic rings. The van der Waals surface area contributed by atoms with E-state index in [0.717, 1.165) is 10.9 Å². The number of thioether (sulfide) groups is 1. The zero-order valence-corrected chi connectivity index (χ0v) is 17.5. The number of hydrogen-bond donors (Lipinski definition) is 0. The molecule has 0 unspecified atom stereocenters. The summed E-state index contributed by atoms with van der Waals surface area (Å²) in [7, 11) is 1.54. The topological polar surface area (TPSA) is 61.2 Å². The zero-order valence-electron chi connectivity index (χ0n) is 15.1. The van der Waals surface area contributed by atoms with Crippen LogP contribution in [0, 0.1) is 0 Å². The van der Waals surface area contributed by atoms with Gasteiger partial charge in [0.1, 0.15) is 5.75 Å². The smallest absolute Gasteiger partial charge is 0.262 e. The maximum Gasteiger partial charge on any atom is 0.262 e. The van der Waals surface area contributed by atoms with Gasteiger partial charge in [-0.25, -0.2) is 4.98 Å². The molecule has 1 aromatic heterocycles. The first kappa shape index (κ1) is 19.6. The summed E-state index contributed by atoms with van der Waals surface area (Å²) in [6.07, 6.45) is 0.801. The Morgan fingerprint density at radius 2 is 2.04 bits per heavy atom. The highest BCUT2D eigenvalue weighted by molar-refractivity contribution is 9.10. The standard InChI is InChI=1S/C20H19BrN2O3S/c1-3-10-23-19(25)15-11-13(21)8-9-16(15)22-20(23)27-12-17(24)14-6-4-5-7-18(14)26-2/h4-9,11H,3,10,12H2,1-2H3. The highest BCUT2D eigenvalue weighted by Gasteiger charge is 2.16. The quantitative estimate of drug-likeness (QED) is 0.302. The maximum atomic E-state index is 12.9. The fourth-order valence-electron chi connectivity index (χ4n) is 2.79. The second kappa shape index (κ2) is 8.71. The van der Waals surface area contributed by atoms with Crippen LogP contribution < -0.4 is 10.3 Å². The molecule has 0 saturated heterocycles. The molecule has 0 fully saturated rings. The number of carbonyl (C=O) groups is 1. The minimum absolute atomic E-state index is 0.0642. The maximum absolute atomic E-state index is 12.9. The van der Waals surface area contributed by atoms with E-state index in [-0.39, 0.29) is 17.1 Å². The van der Waals surface area contributed by atoms with Crippen LogP contribution in [-0.2, 0) is 6.54 Å². The third kappa shape index (κ3) is 4.25.